The summed E-state index contributed by atoms with van der Waals surface area (Å²) in [6.45, 7) is 3.16. The molecule has 1 heterocycles. The van der Waals surface area contributed by atoms with E-state index in [1.807, 2.05) is 24.3 Å². The monoisotopic (exact) mass is 419 g/mol. The van der Waals surface area contributed by atoms with Gasteiger partial charge in [0, 0.05) is 33.1 Å². The van der Waals surface area contributed by atoms with E-state index in [9.17, 15) is 13.2 Å². The van der Waals surface area contributed by atoms with Crippen LogP contribution in [0.5, 0.6) is 11.5 Å². The van der Waals surface area contributed by atoms with Crippen LogP contribution < -0.4 is 19.7 Å². The highest BCUT2D eigenvalue weighted by Gasteiger charge is 2.30. The van der Waals surface area contributed by atoms with Gasteiger partial charge in [0.25, 0.3) is 0 Å². The van der Waals surface area contributed by atoms with Crippen LogP contribution in [0, 0.1) is 0 Å². The molecule has 0 unspecified atom stereocenters. The predicted molar refractivity (Wildman–Crippen MR) is 111 cm³/mol. The van der Waals surface area contributed by atoms with Crippen molar-refractivity contribution in [2.45, 2.75) is 11.8 Å². The van der Waals surface area contributed by atoms with Gasteiger partial charge in [0.05, 0.1) is 30.5 Å². The van der Waals surface area contributed by atoms with E-state index in [1.54, 1.807) is 13.2 Å². The molecule has 0 bridgehead atoms. The number of hydrogen-bond donors (Lipinski definition) is 1. The molecule has 3 rings (SSSR count). The molecule has 1 saturated heterocycles. The van der Waals surface area contributed by atoms with Crippen LogP contribution >= 0.6 is 0 Å². The zero-order valence-corrected chi connectivity index (χ0v) is 17.5. The van der Waals surface area contributed by atoms with Gasteiger partial charge in [-0.1, -0.05) is 12.1 Å². The standard InChI is InChI=1S/C20H25N3O5S/c1-15(24)21-17-14-16(8-9-19(17)27-2)29(25,26)23-12-10-22(11-13-23)18-6-4-5-7-20(18)28-3/h4-9,14H,10-13H2,1-3H3,(H,21,24). The second-order valence-electron chi connectivity index (χ2n) is 6.61. The van der Waals surface area contributed by atoms with Crippen molar-refractivity contribution >= 4 is 27.3 Å². The van der Waals surface area contributed by atoms with Crippen molar-refractivity contribution in [1.82, 2.24) is 4.31 Å². The van der Waals surface area contributed by atoms with Crippen LogP contribution in [0.15, 0.2) is 47.4 Å². The maximum Gasteiger partial charge on any atom is 0.243 e. The van der Waals surface area contributed by atoms with Gasteiger partial charge in [-0.25, -0.2) is 8.42 Å². The molecule has 1 aliphatic heterocycles. The van der Waals surface area contributed by atoms with Crippen LogP contribution in [0.2, 0.25) is 0 Å². The molecule has 1 fully saturated rings. The Kier molecular flexibility index (Phi) is 6.29. The van der Waals surface area contributed by atoms with Gasteiger partial charge in [-0.05, 0) is 30.3 Å². The van der Waals surface area contributed by atoms with Crippen molar-refractivity contribution in [1.29, 1.82) is 0 Å². The Hall–Kier alpha value is -2.78. The molecule has 2 aromatic carbocycles. The lowest BCUT2D eigenvalue weighted by atomic mass is 10.2. The first-order chi connectivity index (χ1) is 13.9. The first-order valence-corrected chi connectivity index (χ1v) is 10.6. The third-order valence-corrected chi connectivity index (χ3v) is 6.68. The van der Waals surface area contributed by atoms with Gasteiger partial charge < -0.3 is 19.7 Å². The topological polar surface area (TPSA) is 88.2 Å². The van der Waals surface area contributed by atoms with Crippen LogP contribution in [0.4, 0.5) is 11.4 Å². The molecule has 9 heteroatoms. The molecule has 0 saturated carbocycles. The number of anilines is 2. The summed E-state index contributed by atoms with van der Waals surface area (Å²) in [4.78, 5) is 13.7. The first kappa shape index (κ1) is 20.9. The fraction of sp³-hybridized carbons (Fsp3) is 0.350. The first-order valence-electron chi connectivity index (χ1n) is 9.20. The quantitative estimate of drug-likeness (QED) is 0.772. The van der Waals surface area contributed by atoms with E-state index in [2.05, 4.69) is 10.2 Å². The molecule has 1 amide bonds. The van der Waals surface area contributed by atoms with Gasteiger partial charge in [0.2, 0.25) is 15.9 Å². The van der Waals surface area contributed by atoms with Crippen molar-refractivity contribution < 1.29 is 22.7 Å². The molecule has 8 nitrogen and oxygen atoms in total. The van der Waals surface area contributed by atoms with Crippen LogP contribution in [0.1, 0.15) is 6.92 Å². The van der Waals surface area contributed by atoms with Crippen LogP contribution in [-0.4, -0.2) is 59.0 Å². The number of methoxy groups -OCH3 is 2. The van der Waals surface area contributed by atoms with Gasteiger partial charge in [0.15, 0.2) is 0 Å². The lowest BCUT2D eigenvalue weighted by Crippen LogP contribution is -2.48. The van der Waals surface area contributed by atoms with Gasteiger partial charge >= 0.3 is 0 Å². The molecular weight excluding hydrogens is 394 g/mol. The number of amides is 1. The fourth-order valence-electron chi connectivity index (χ4n) is 3.34. The fourth-order valence-corrected chi connectivity index (χ4v) is 4.79. The molecular formula is C20H25N3O5S. The van der Waals surface area contributed by atoms with E-state index in [4.69, 9.17) is 9.47 Å². The number of rotatable bonds is 6. The lowest BCUT2D eigenvalue weighted by molar-refractivity contribution is -0.114. The minimum Gasteiger partial charge on any atom is -0.495 e. The Labute approximate surface area is 171 Å². The number of benzene rings is 2. The number of hydrogen-bond acceptors (Lipinski definition) is 6. The summed E-state index contributed by atoms with van der Waals surface area (Å²) in [5, 5.41) is 2.61. The van der Waals surface area contributed by atoms with Gasteiger partial charge in [-0.2, -0.15) is 4.31 Å². The number of carbonyl (C=O) groups is 1. The number of sulfonamides is 1. The Morgan fingerprint density at radius 1 is 0.966 bits per heavy atom. The van der Waals surface area contributed by atoms with E-state index in [1.165, 1.54) is 30.5 Å². The van der Waals surface area contributed by atoms with Crippen LogP contribution in [-0.2, 0) is 14.8 Å². The van der Waals surface area contributed by atoms with E-state index in [0.717, 1.165) is 11.4 Å². The Bertz CT molecular complexity index is 985. The number of piperazine rings is 1. The van der Waals surface area contributed by atoms with E-state index in [-0.39, 0.29) is 10.8 Å². The SMILES string of the molecule is COc1ccc(S(=O)(=O)N2CCN(c3ccccc3OC)CC2)cc1NC(C)=O. The lowest BCUT2D eigenvalue weighted by Gasteiger charge is -2.36. The highest BCUT2D eigenvalue weighted by atomic mass is 32.2. The van der Waals surface area contributed by atoms with E-state index in [0.29, 0.717) is 37.6 Å². The van der Waals surface area contributed by atoms with Crippen LogP contribution in [0.25, 0.3) is 0 Å². The van der Waals surface area contributed by atoms with E-state index < -0.39 is 10.0 Å². The summed E-state index contributed by atoms with van der Waals surface area (Å²) in [5.41, 5.74) is 1.28. The number of carbonyl (C=O) groups excluding carboxylic acids is 1. The summed E-state index contributed by atoms with van der Waals surface area (Å²) in [7, 11) is -0.613. The molecule has 29 heavy (non-hydrogen) atoms. The summed E-state index contributed by atoms with van der Waals surface area (Å²) >= 11 is 0. The molecule has 0 aromatic heterocycles. The summed E-state index contributed by atoms with van der Waals surface area (Å²) < 4.78 is 38.3. The third-order valence-electron chi connectivity index (χ3n) is 4.78. The Balaban J connectivity index is 1.79. The molecule has 2 aromatic rings. The number of ether oxygens (including phenoxy) is 2. The summed E-state index contributed by atoms with van der Waals surface area (Å²) in [5.74, 6) is 0.863. The zero-order valence-electron chi connectivity index (χ0n) is 16.7. The highest BCUT2D eigenvalue weighted by Crippen LogP contribution is 2.31. The molecule has 0 aliphatic carbocycles. The number of para-hydroxylation sites is 2. The maximum absolute atomic E-state index is 13.1. The van der Waals surface area contributed by atoms with Crippen molar-refractivity contribution in [2.75, 3.05) is 50.6 Å². The summed E-state index contributed by atoms with van der Waals surface area (Å²) in [6.07, 6.45) is 0. The molecule has 0 radical (unpaired) electrons. The second kappa shape index (κ2) is 8.71. The number of nitrogens with one attached hydrogen (secondary N) is 1. The second-order valence-corrected chi connectivity index (χ2v) is 8.54. The minimum absolute atomic E-state index is 0.118. The molecule has 1 aliphatic rings. The smallest absolute Gasteiger partial charge is 0.243 e. The highest BCUT2D eigenvalue weighted by molar-refractivity contribution is 7.89. The third kappa shape index (κ3) is 4.46. The van der Waals surface area contributed by atoms with E-state index >= 15 is 0 Å². The number of nitrogens with zero attached hydrogens (tertiary/aromatic N) is 2. The molecule has 156 valence electrons. The molecule has 0 atom stereocenters. The average Bonchev–Trinajstić information content (AvgIpc) is 2.73. The van der Waals surface area contributed by atoms with Crippen molar-refractivity contribution in [3.8, 4) is 11.5 Å². The largest absolute Gasteiger partial charge is 0.495 e. The molecule has 0 spiro atoms. The van der Waals surface area contributed by atoms with Crippen LogP contribution in [0.3, 0.4) is 0 Å². The van der Waals surface area contributed by atoms with Crippen molar-refractivity contribution in [3.05, 3.63) is 42.5 Å². The normalized spacial score (nSPS) is 15.1. The van der Waals surface area contributed by atoms with Gasteiger partial charge in [-0.3, -0.25) is 4.79 Å². The van der Waals surface area contributed by atoms with Gasteiger partial charge in [-0.15, -0.1) is 0 Å². The molecule has 1 N–H and O–H groups in total. The minimum atomic E-state index is -3.70. The Morgan fingerprint density at radius 3 is 2.24 bits per heavy atom. The Morgan fingerprint density at radius 2 is 1.62 bits per heavy atom. The van der Waals surface area contributed by atoms with Crippen molar-refractivity contribution in [2.24, 2.45) is 0 Å². The maximum atomic E-state index is 13.1. The van der Waals surface area contributed by atoms with Gasteiger partial charge in [0.1, 0.15) is 11.5 Å². The van der Waals surface area contributed by atoms with Crippen molar-refractivity contribution in [3.63, 3.8) is 0 Å². The predicted octanol–water partition coefficient (Wildman–Crippen LogP) is 2.17. The zero-order chi connectivity index (χ0) is 21.0. The summed E-state index contributed by atoms with van der Waals surface area (Å²) in [6, 6.07) is 12.2. The average molecular weight is 420 g/mol.